The van der Waals surface area contributed by atoms with Gasteiger partial charge in [-0.15, -0.1) is 9.24 Å². The Morgan fingerprint density at radius 2 is 1.62 bits per heavy atom. The van der Waals surface area contributed by atoms with Crippen molar-refractivity contribution in [2.45, 2.75) is 71.4 Å². The summed E-state index contributed by atoms with van der Waals surface area (Å²) in [4.78, 5) is 0. The molecular weight excluding hydrogens is 175 g/mol. The van der Waals surface area contributed by atoms with Crippen molar-refractivity contribution in [3.8, 4) is 0 Å². The van der Waals surface area contributed by atoms with Gasteiger partial charge in [-0.05, 0) is 17.5 Å². The van der Waals surface area contributed by atoms with Gasteiger partial charge in [0.25, 0.3) is 0 Å². The summed E-state index contributed by atoms with van der Waals surface area (Å²) < 4.78 is 0. The molecule has 0 aromatic carbocycles. The van der Waals surface area contributed by atoms with Crippen molar-refractivity contribution in [2.75, 3.05) is 0 Å². The molecule has 2 atom stereocenters. The van der Waals surface area contributed by atoms with Crippen LogP contribution in [-0.4, -0.2) is 5.16 Å². The SMILES string of the molecule is CCCCCCCC(C)C(C)(C)P. The fourth-order valence-corrected chi connectivity index (χ4v) is 1.59. The number of rotatable bonds is 7. The van der Waals surface area contributed by atoms with Crippen molar-refractivity contribution in [3.63, 3.8) is 0 Å². The zero-order valence-corrected chi connectivity index (χ0v) is 11.1. The van der Waals surface area contributed by atoms with Crippen molar-refractivity contribution in [1.82, 2.24) is 0 Å². The largest absolute Gasteiger partial charge is 0.131 e. The van der Waals surface area contributed by atoms with E-state index in [1.807, 2.05) is 0 Å². The van der Waals surface area contributed by atoms with Crippen LogP contribution < -0.4 is 0 Å². The molecular formula is C12H27P. The lowest BCUT2D eigenvalue weighted by molar-refractivity contribution is 0.407. The molecule has 0 heterocycles. The van der Waals surface area contributed by atoms with Gasteiger partial charge in [-0.2, -0.15) is 0 Å². The molecule has 1 heteroatoms. The predicted octanol–water partition coefficient (Wildman–Crippen LogP) is 4.64. The molecule has 13 heavy (non-hydrogen) atoms. The molecule has 0 rings (SSSR count). The molecule has 0 spiro atoms. The summed E-state index contributed by atoms with van der Waals surface area (Å²) in [5.74, 6) is 0.833. The molecule has 0 saturated carbocycles. The first-order valence-electron chi connectivity index (χ1n) is 5.77. The average molecular weight is 202 g/mol. The fourth-order valence-electron chi connectivity index (χ4n) is 1.43. The molecule has 80 valence electrons. The molecule has 2 unspecified atom stereocenters. The van der Waals surface area contributed by atoms with Crippen LogP contribution >= 0.6 is 9.24 Å². The smallest absolute Gasteiger partial charge is 0.0181 e. The third-order valence-corrected chi connectivity index (χ3v) is 3.58. The minimum Gasteiger partial charge on any atom is -0.131 e. The van der Waals surface area contributed by atoms with E-state index in [-0.39, 0.29) is 0 Å². The van der Waals surface area contributed by atoms with Crippen LogP contribution in [0, 0.1) is 5.92 Å². The van der Waals surface area contributed by atoms with E-state index in [0.29, 0.717) is 5.16 Å². The van der Waals surface area contributed by atoms with Crippen molar-refractivity contribution < 1.29 is 0 Å². The zero-order valence-electron chi connectivity index (χ0n) is 9.90. The van der Waals surface area contributed by atoms with E-state index in [1.54, 1.807) is 0 Å². The summed E-state index contributed by atoms with van der Waals surface area (Å²) in [6.45, 7) is 9.27. The number of hydrogen-bond acceptors (Lipinski definition) is 0. The summed E-state index contributed by atoms with van der Waals surface area (Å²) >= 11 is 0. The van der Waals surface area contributed by atoms with Crippen molar-refractivity contribution >= 4 is 9.24 Å². The van der Waals surface area contributed by atoms with Crippen molar-refractivity contribution in [3.05, 3.63) is 0 Å². The maximum absolute atomic E-state index is 2.96. The maximum atomic E-state index is 2.96. The van der Waals surface area contributed by atoms with Gasteiger partial charge in [0.2, 0.25) is 0 Å². The lowest BCUT2D eigenvalue weighted by Crippen LogP contribution is -2.20. The molecule has 0 amide bonds. The van der Waals surface area contributed by atoms with Crippen LogP contribution in [0.5, 0.6) is 0 Å². The lowest BCUT2D eigenvalue weighted by atomic mass is 9.91. The highest BCUT2D eigenvalue weighted by Gasteiger charge is 2.18. The van der Waals surface area contributed by atoms with E-state index in [4.69, 9.17) is 0 Å². The molecule has 0 aromatic rings. The molecule has 0 aliphatic heterocycles. The Balaban J connectivity index is 3.32. The van der Waals surface area contributed by atoms with Gasteiger partial charge in [-0.25, -0.2) is 0 Å². The first-order chi connectivity index (χ1) is 5.98. The molecule has 0 saturated heterocycles. The molecule has 0 aromatic heterocycles. The van der Waals surface area contributed by atoms with Gasteiger partial charge in [0.15, 0.2) is 0 Å². The first-order valence-corrected chi connectivity index (χ1v) is 6.35. The fraction of sp³-hybridized carbons (Fsp3) is 1.00. The minimum atomic E-state index is 0.421. The minimum absolute atomic E-state index is 0.421. The lowest BCUT2D eigenvalue weighted by Gasteiger charge is -2.26. The van der Waals surface area contributed by atoms with E-state index < -0.39 is 0 Å². The maximum Gasteiger partial charge on any atom is -0.0181 e. The standard InChI is InChI=1S/C12H27P/c1-5-6-7-8-9-10-11(2)12(3,4)13/h11H,5-10,13H2,1-4H3. The molecule has 0 fully saturated rings. The predicted molar refractivity (Wildman–Crippen MR) is 66.3 cm³/mol. The first kappa shape index (κ1) is 13.4. The van der Waals surface area contributed by atoms with Crippen LogP contribution in [0.15, 0.2) is 0 Å². The van der Waals surface area contributed by atoms with E-state index >= 15 is 0 Å². The molecule has 0 aliphatic rings. The van der Waals surface area contributed by atoms with Crippen LogP contribution in [0.4, 0.5) is 0 Å². The monoisotopic (exact) mass is 202 g/mol. The Morgan fingerprint density at radius 3 is 2.08 bits per heavy atom. The highest BCUT2D eigenvalue weighted by Crippen LogP contribution is 2.30. The van der Waals surface area contributed by atoms with Crippen LogP contribution in [0.2, 0.25) is 0 Å². The quantitative estimate of drug-likeness (QED) is 0.417. The van der Waals surface area contributed by atoms with Crippen LogP contribution in [0.3, 0.4) is 0 Å². The Bertz CT molecular complexity index is 113. The Morgan fingerprint density at radius 1 is 1.08 bits per heavy atom. The summed E-state index contributed by atoms with van der Waals surface area (Å²) in [6, 6.07) is 0. The van der Waals surface area contributed by atoms with Gasteiger partial charge < -0.3 is 0 Å². The molecule has 0 bridgehead atoms. The molecule has 0 nitrogen and oxygen atoms in total. The van der Waals surface area contributed by atoms with E-state index in [9.17, 15) is 0 Å². The summed E-state index contributed by atoms with van der Waals surface area (Å²) in [5.41, 5.74) is 0. The van der Waals surface area contributed by atoms with Gasteiger partial charge >= 0.3 is 0 Å². The molecule has 0 N–H and O–H groups in total. The second kappa shape index (κ2) is 6.82. The highest BCUT2D eigenvalue weighted by atomic mass is 31.0. The second-order valence-corrected chi connectivity index (χ2v) is 6.41. The highest BCUT2D eigenvalue weighted by molar-refractivity contribution is 7.18. The van der Waals surface area contributed by atoms with Crippen LogP contribution in [-0.2, 0) is 0 Å². The van der Waals surface area contributed by atoms with E-state index in [1.165, 1.54) is 38.5 Å². The van der Waals surface area contributed by atoms with Crippen molar-refractivity contribution in [1.29, 1.82) is 0 Å². The summed E-state index contributed by atoms with van der Waals surface area (Å²) in [6.07, 6.45) is 8.43. The normalized spacial score (nSPS) is 14.5. The van der Waals surface area contributed by atoms with Gasteiger partial charge in [0, 0.05) is 0 Å². The Kier molecular flexibility index (Phi) is 7.05. The molecule has 0 aliphatic carbocycles. The topological polar surface area (TPSA) is 0 Å². The molecule has 0 radical (unpaired) electrons. The van der Waals surface area contributed by atoms with Gasteiger partial charge in [0.05, 0.1) is 0 Å². The number of unbranched alkanes of at least 4 members (excludes halogenated alkanes) is 4. The number of hydrogen-bond donors (Lipinski definition) is 0. The summed E-state index contributed by atoms with van der Waals surface area (Å²) in [7, 11) is 2.96. The van der Waals surface area contributed by atoms with Gasteiger partial charge in [-0.1, -0.05) is 59.8 Å². The van der Waals surface area contributed by atoms with Gasteiger partial charge in [0.1, 0.15) is 0 Å². The van der Waals surface area contributed by atoms with E-state index in [2.05, 4.69) is 36.9 Å². The Labute approximate surface area is 87.1 Å². The van der Waals surface area contributed by atoms with Crippen molar-refractivity contribution in [2.24, 2.45) is 5.92 Å². The van der Waals surface area contributed by atoms with E-state index in [0.717, 1.165) is 5.92 Å². The van der Waals surface area contributed by atoms with Crippen LogP contribution in [0.1, 0.15) is 66.2 Å². The average Bonchev–Trinajstić information content (AvgIpc) is 2.02. The Hall–Kier alpha value is 0.430. The zero-order chi connectivity index (χ0) is 10.3. The third-order valence-electron chi connectivity index (χ3n) is 3.01. The summed E-state index contributed by atoms with van der Waals surface area (Å²) in [5, 5.41) is 0.421. The third kappa shape index (κ3) is 7.50. The second-order valence-electron chi connectivity index (χ2n) is 4.93. The van der Waals surface area contributed by atoms with Crippen LogP contribution in [0.25, 0.3) is 0 Å². The van der Waals surface area contributed by atoms with Gasteiger partial charge in [-0.3, -0.25) is 0 Å².